The summed E-state index contributed by atoms with van der Waals surface area (Å²) >= 11 is 0. The monoisotopic (exact) mass is 221 g/mol. The molecule has 1 heterocycles. The van der Waals surface area contributed by atoms with Gasteiger partial charge < -0.3 is 5.21 Å². The van der Waals surface area contributed by atoms with Crippen molar-refractivity contribution >= 4 is 5.82 Å². The van der Waals surface area contributed by atoms with Crippen molar-refractivity contribution in [2.24, 2.45) is 10.4 Å². The van der Waals surface area contributed by atoms with Crippen LogP contribution in [-0.4, -0.2) is 4.98 Å². The Balaban J connectivity index is 0.00000128. The molecule has 2 aromatic rings. The summed E-state index contributed by atoms with van der Waals surface area (Å²) in [6, 6.07) is 13.4. The number of rotatable bonds is 2. The molecule has 0 radical (unpaired) electrons. The van der Waals surface area contributed by atoms with E-state index in [0.29, 0.717) is 5.82 Å². The van der Waals surface area contributed by atoms with E-state index in [0.717, 1.165) is 11.1 Å². The van der Waals surface area contributed by atoms with Crippen molar-refractivity contribution in [2.75, 3.05) is 0 Å². The Morgan fingerprint density at radius 3 is 2.25 bits per heavy atom. The third-order valence-electron chi connectivity index (χ3n) is 2.00. The molecule has 74 valence electrons. The van der Waals surface area contributed by atoms with E-state index < -0.39 is 0 Å². The SMILES string of the molecule is [Na+].[O-]N=Nc1ccc(-c2ccccc2)cn1. The van der Waals surface area contributed by atoms with Crippen LogP contribution in [-0.2, 0) is 0 Å². The summed E-state index contributed by atoms with van der Waals surface area (Å²) < 4.78 is 0. The van der Waals surface area contributed by atoms with E-state index in [1.807, 2.05) is 36.4 Å². The van der Waals surface area contributed by atoms with Gasteiger partial charge in [-0.2, -0.15) is 0 Å². The molecule has 2 rings (SSSR count). The van der Waals surface area contributed by atoms with Crippen molar-refractivity contribution in [3.63, 3.8) is 0 Å². The standard InChI is InChI=1S/C11H9N3O.Na/c15-14-13-11-7-6-10(8-12-11)9-4-2-1-3-5-9;/h1-8H,(H,12,13,15);/q;+1/p-1. The van der Waals surface area contributed by atoms with Crippen molar-refractivity contribution in [3.8, 4) is 11.1 Å². The maximum atomic E-state index is 9.87. The molecule has 5 heteroatoms. The molecule has 0 bridgehead atoms. The first-order chi connectivity index (χ1) is 7.40. The van der Waals surface area contributed by atoms with Crippen LogP contribution in [0.5, 0.6) is 0 Å². The predicted octanol–water partition coefficient (Wildman–Crippen LogP) is 0.334. The molecule has 0 aliphatic carbocycles. The predicted molar refractivity (Wildman–Crippen MR) is 57.6 cm³/mol. The summed E-state index contributed by atoms with van der Waals surface area (Å²) in [6.45, 7) is 0. The van der Waals surface area contributed by atoms with Crippen molar-refractivity contribution in [1.82, 2.24) is 4.98 Å². The van der Waals surface area contributed by atoms with Crippen LogP contribution in [0, 0.1) is 5.21 Å². The molecule has 1 aromatic heterocycles. The van der Waals surface area contributed by atoms with Gasteiger partial charge in [-0.05, 0) is 17.7 Å². The van der Waals surface area contributed by atoms with Gasteiger partial charge in [-0.25, -0.2) is 10.3 Å². The normalized spacial score (nSPS) is 10.0. The Labute approximate surface area is 115 Å². The van der Waals surface area contributed by atoms with E-state index in [4.69, 9.17) is 0 Å². The van der Waals surface area contributed by atoms with Gasteiger partial charge >= 0.3 is 29.6 Å². The fourth-order valence-electron chi connectivity index (χ4n) is 1.29. The Kier molecular flexibility index (Phi) is 5.11. The van der Waals surface area contributed by atoms with Crippen LogP contribution in [0.2, 0.25) is 0 Å². The molecule has 0 unspecified atom stereocenters. The Hall–Kier alpha value is -1.23. The van der Waals surface area contributed by atoms with Crippen molar-refractivity contribution < 1.29 is 29.6 Å². The molecular formula is C11H8N3NaO. The van der Waals surface area contributed by atoms with Gasteiger partial charge in [0, 0.05) is 11.8 Å². The third-order valence-corrected chi connectivity index (χ3v) is 2.00. The maximum absolute atomic E-state index is 9.87. The second-order valence-electron chi connectivity index (χ2n) is 2.95. The zero-order valence-electron chi connectivity index (χ0n) is 8.87. The van der Waals surface area contributed by atoms with E-state index in [-0.39, 0.29) is 29.6 Å². The fraction of sp³-hybridized carbons (Fsp3) is 0. The van der Waals surface area contributed by atoms with E-state index in [2.05, 4.69) is 15.4 Å². The molecule has 0 N–H and O–H groups in total. The number of aromatic nitrogens is 1. The van der Waals surface area contributed by atoms with E-state index in [1.165, 1.54) is 0 Å². The minimum absolute atomic E-state index is 0. The third kappa shape index (κ3) is 3.13. The van der Waals surface area contributed by atoms with Crippen LogP contribution >= 0.6 is 0 Å². The molecule has 0 saturated carbocycles. The van der Waals surface area contributed by atoms with Crippen LogP contribution in [0.4, 0.5) is 5.82 Å². The van der Waals surface area contributed by atoms with E-state index in [9.17, 15) is 5.21 Å². The summed E-state index contributed by atoms with van der Waals surface area (Å²) in [7, 11) is 0. The Morgan fingerprint density at radius 1 is 0.938 bits per heavy atom. The average molecular weight is 221 g/mol. The molecule has 0 aliphatic rings. The van der Waals surface area contributed by atoms with Gasteiger partial charge in [0.15, 0.2) is 5.82 Å². The van der Waals surface area contributed by atoms with Gasteiger partial charge in [0.25, 0.3) is 0 Å². The van der Waals surface area contributed by atoms with Gasteiger partial charge in [0.2, 0.25) is 0 Å². The first-order valence-corrected chi connectivity index (χ1v) is 4.45. The number of benzene rings is 1. The molecule has 0 saturated heterocycles. The minimum atomic E-state index is 0. The zero-order valence-corrected chi connectivity index (χ0v) is 10.9. The molecule has 1 aromatic carbocycles. The maximum Gasteiger partial charge on any atom is 1.00 e. The average Bonchev–Trinajstić information content (AvgIpc) is 2.32. The molecule has 0 atom stereocenters. The van der Waals surface area contributed by atoms with Crippen LogP contribution in [0.25, 0.3) is 11.1 Å². The molecule has 16 heavy (non-hydrogen) atoms. The smallest absolute Gasteiger partial charge is 0.775 e. The molecule has 0 aliphatic heterocycles. The quantitative estimate of drug-likeness (QED) is 0.417. The zero-order chi connectivity index (χ0) is 10.5. The number of hydrogen-bond acceptors (Lipinski definition) is 4. The fourth-order valence-corrected chi connectivity index (χ4v) is 1.29. The van der Waals surface area contributed by atoms with Crippen molar-refractivity contribution in [2.45, 2.75) is 0 Å². The summed E-state index contributed by atoms with van der Waals surface area (Å²) in [6.07, 6.45) is 1.67. The van der Waals surface area contributed by atoms with E-state index in [1.54, 1.807) is 12.3 Å². The summed E-state index contributed by atoms with van der Waals surface area (Å²) in [4.78, 5) is 3.98. The molecular weight excluding hydrogens is 213 g/mol. The first kappa shape index (κ1) is 12.8. The Morgan fingerprint density at radius 2 is 1.69 bits per heavy atom. The summed E-state index contributed by atoms with van der Waals surface area (Å²) in [5.74, 6) is 0.324. The molecule has 0 spiro atoms. The molecule has 0 amide bonds. The largest absolute Gasteiger partial charge is 1.00 e. The number of nitrogens with zero attached hydrogens (tertiary/aromatic N) is 3. The summed E-state index contributed by atoms with van der Waals surface area (Å²) in [5, 5.41) is 15.6. The molecule has 0 fully saturated rings. The van der Waals surface area contributed by atoms with Crippen LogP contribution in [0.15, 0.2) is 59.1 Å². The number of pyridine rings is 1. The first-order valence-electron chi connectivity index (χ1n) is 4.45. The second kappa shape index (κ2) is 6.37. The van der Waals surface area contributed by atoms with Gasteiger partial charge in [-0.1, -0.05) is 30.3 Å². The van der Waals surface area contributed by atoms with Crippen LogP contribution in [0.3, 0.4) is 0 Å². The molecule has 4 nitrogen and oxygen atoms in total. The van der Waals surface area contributed by atoms with Gasteiger partial charge in [0.1, 0.15) is 0 Å². The summed E-state index contributed by atoms with van der Waals surface area (Å²) in [5.41, 5.74) is 2.07. The van der Waals surface area contributed by atoms with Crippen LogP contribution < -0.4 is 29.6 Å². The second-order valence-corrected chi connectivity index (χ2v) is 2.95. The van der Waals surface area contributed by atoms with Gasteiger partial charge in [-0.3, -0.25) is 0 Å². The van der Waals surface area contributed by atoms with Gasteiger partial charge in [-0.15, -0.1) is 5.11 Å². The number of hydrogen-bond donors (Lipinski definition) is 0. The van der Waals surface area contributed by atoms with Crippen molar-refractivity contribution in [1.29, 1.82) is 0 Å². The Bertz CT molecular complexity index is 456. The topological polar surface area (TPSA) is 60.7 Å². The van der Waals surface area contributed by atoms with Gasteiger partial charge in [0.05, 0.1) is 0 Å². The minimum Gasteiger partial charge on any atom is -0.775 e. The van der Waals surface area contributed by atoms with Crippen LogP contribution in [0.1, 0.15) is 0 Å². The van der Waals surface area contributed by atoms with Crippen molar-refractivity contribution in [3.05, 3.63) is 53.9 Å². The van der Waals surface area contributed by atoms with E-state index >= 15 is 0 Å².